The van der Waals surface area contributed by atoms with Gasteiger partial charge in [-0.1, -0.05) is 23.7 Å². The van der Waals surface area contributed by atoms with Crippen molar-refractivity contribution in [1.29, 1.82) is 0 Å². The summed E-state index contributed by atoms with van der Waals surface area (Å²) in [6, 6.07) is 14.6. The van der Waals surface area contributed by atoms with Gasteiger partial charge in [-0.05, 0) is 68.3 Å². The van der Waals surface area contributed by atoms with Gasteiger partial charge < -0.3 is 10.4 Å². The Kier molecular flexibility index (Phi) is 7.81. The van der Waals surface area contributed by atoms with Gasteiger partial charge in [-0.15, -0.1) is 0 Å². The second-order valence-corrected chi connectivity index (χ2v) is 7.77. The number of aliphatic hydroxyl groups is 1. The zero-order valence-electron chi connectivity index (χ0n) is 16.6. The SMILES string of the molecule is CC(CCCN(CCO)Cc1cccc(F)c1)Nc1ccnc2cc(Cl)ccc12. The Bertz CT molecular complexity index is 937. The van der Waals surface area contributed by atoms with E-state index >= 15 is 0 Å². The molecule has 0 radical (unpaired) electrons. The fourth-order valence-corrected chi connectivity index (χ4v) is 3.68. The molecular weight excluding hydrogens is 389 g/mol. The number of aliphatic hydroxyl groups excluding tert-OH is 1. The van der Waals surface area contributed by atoms with Gasteiger partial charge in [0.05, 0.1) is 12.1 Å². The summed E-state index contributed by atoms with van der Waals surface area (Å²) >= 11 is 6.06. The molecule has 0 bridgehead atoms. The van der Waals surface area contributed by atoms with Crippen LogP contribution in [0.4, 0.5) is 10.1 Å². The third kappa shape index (κ3) is 6.39. The molecule has 2 aromatic carbocycles. The highest BCUT2D eigenvalue weighted by atomic mass is 35.5. The summed E-state index contributed by atoms with van der Waals surface area (Å²) < 4.78 is 13.4. The lowest BCUT2D eigenvalue weighted by molar-refractivity contribution is 0.187. The van der Waals surface area contributed by atoms with Crippen LogP contribution < -0.4 is 5.32 Å². The Morgan fingerprint density at radius 3 is 2.83 bits per heavy atom. The van der Waals surface area contributed by atoms with E-state index in [0.29, 0.717) is 18.1 Å². The number of benzene rings is 2. The minimum atomic E-state index is -0.227. The Balaban J connectivity index is 1.53. The normalized spacial score (nSPS) is 12.4. The summed E-state index contributed by atoms with van der Waals surface area (Å²) in [6.45, 7) is 4.31. The van der Waals surface area contributed by atoms with Crippen LogP contribution in [-0.2, 0) is 6.54 Å². The first-order valence-electron chi connectivity index (χ1n) is 9.93. The Morgan fingerprint density at radius 1 is 1.17 bits per heavy atom. The van der Waals surface area contributed by atoms with Gasteiger partial charge in [-0.2, -0.15) is 0 Å². The highest BCUT2D eigenvalue weighted by molar-refractivity contribution is 6.31. The average Bonchev–Trinajstić information content (AvgIpc) is 2.68. The second-order valence-electron chi connectivity index (χ2n) is 7.34. The molecule has 0 aliphatic heterocycles. The second kappa shape index (κ2) is 10.5. The van der Waals surface area contributed by atoms with Crippen molar-refractivity contribution in [2.75, 3.05) is 25.0 Å². The van der Waals surface area contributed by atoms with Crippen LogP contribution in [0.1, 0.15) is 25.3 Å². The van der Waals surface area contributed by atoms with Crippen LogP contribution in [0.25, 0.3) is 10.9 Å². The largest absolute Gasteiger partial charge is 0.395 e. The van der Waals surface area contributed by atoms with Crippen molar-refractivity contribution in [2.45, 2.75) is 32.4 Å². The molecule has 0 spiro atoms. The topological polar surface area (TPSA) is 48.4 Å². The van der Waals surface area contributed by atoms with Gasteiger partial charge in [0.1, 0.15) is 5.82 Å². The number of rotatable bonds is 10. The van der Waals surface area contributed by atoms with E-state index in [1.807, 2.05) is 30.3 Å². The van der Waals surface area contributed by atoms with Gasteiger partial charge in [0.15, 0.2) is 0 Å². The highest BCUT2D eigenvalue weighted by Gasteiger charge is 2.10. The summed E-state index contributed by atoms with van der Waals surface area (Å²) in [5.74, 6) is -0.227. The molecule has 0 saturated carbocycles. The van der Waals surface area contributed by atoms with Crippen molar-refractivity contribution >= 4 is 28.2 Å². The maximum Gasteiger partial charge on any atom is 0.123 e. The minimum absolute atomic E-state index is 0.0919. The van der Waals surface area contributed by atoms with E-state index in [-0.39, 0.29) is 18.5 Å². The molecule has 0 amide bonds. The Morgan fingerprint density at radius 2 is 2.03 bits per heavy atom. The lowest BCUT2D eigenvalue weighted by Crippen LogP contribution is -2.28. The third-order valence-electron chi connectivity index (χ3n) is 4.93. The summed E-state index contributed by atoms with van der Waals surface area (Å²) in [6.07, 6.45) is 3.73. The monoisotopic (exact) mass is 415 g/mol. The van der Waals surface area contributed by atoms with Gasteiger partial charge in [-0.3, -0.25) is 9.88 Å². The highest BCUT2D eigenvalue weighted by Crippen LogP contribution is 2.25. The zero-order chi connectivity index (χ0) is 20.6. The molecule has 0 aliphatic carbocycles. The zero-order valence-corrected chi connectivity index (χ0v) is 17.4. The van der Waals surface area contributed by atoms with Crippen molar-refractivity contribution in [3.63, 3.8) is 0 Å². The number of nitrogens with zero attached hydrogens (tertiary/aromatic N) is 2. The standard InChI is InChI=1S/C23H27ClFN3O/c1-17(27-22-9-10-26-23-15-19(24)7-8-21(22)23)4-3-11-28(12-13-29)16-18-5-2-6-20(25)14-18/h2,5-10,14-15,17,29H,3-4,11-13,16H2,1H3,(H,26,27). The van der Waals surface area contributed by atoms with Crippen LogP contribution in [0.5, 0.6) is 0 Å². The fourth-order valence-electron chi connectivity index (χ4n) is 3.51. The number of nitrogens with one attached hydrogen (secondary N) is 1. The smallest absolute Gasteiger partial charge is 0.123 e. The Hall–Kier alpha value is -2.21. The van der Waals surface area contributed by atoms with E-state index in [1.54, 1.807) is 18.3 Å². The van der Waals surface area contributed by atoms with E-state index in [4.69, 9.17) is 11.6 Å². The molecule has 1 unspecified atom stereocenters. The van der Waals surface area contributed by atoms with Crippen molar-refractivity contribution in [2.24, 2.45) is 0 Å². The van der Waals surface area contributed by atoms with Gasteiger partial charge in [0.2, 0.25) is 0 Å². The maximum atomic E-state index is 13.4. The van der Waals surface area contributed by atoms with Crippen molar-refractivity contribution < 1.29 is 9.50 Å². The van der Waals surface area contributed by atoms with Crippen molar-refractivity contribution in [3.8, 4) is 0 Å². The maximum absolute atomic E-state index is 13.4. The van der Waals surface area contributed by atoms with Crippen LogP contribution >= 0.6 is 11.6 Å². The fraction of sp³-hybridized carbons (Fsp3) is 0.348. The average molecular weight is 416 g/mol. The molecule has 1 atom stereocenters. The summed E-state index contributed by atoms with van der Waals surface area (Å²) in [5, 5.41) is 14.6. The van der Waals surface area contributed by atoms with Gasteiger partial charge in [-0.25, -0.2) is 4.39 Å². The summed E-state index contributed by atoms with van der Waals surface area (Å²) in [7, 11) is 0. The van der Waals surface area contributed by atoms with Crippen LogP contribution in [0, 0.1) is 5.82 Å². The molecule has 2 N–H and O–H groups in total. The van der Waals surface area contributed by atoms with E-state index in [2.05, 4.69) is 22.1 Å². The molecule has 154 valence electrons. The lowest BCUT2D eigenvalue weighted by atomic mass is 10.1. The first-order valence-corrected chi connectivity index (χ1v) is 10.3. The predicted octanol–water partition coefficient (Wildman–Crippen LogP) is 5.10. The molecular formula is C23H27ClFN3O. The summed E-state index contributed by atoms with van der Waals surface area (Å²) in [4.78, 5) is 6.54. The van der Waals surface area contributed by atoms with Gasteiger partial charge >= 0.3 is 0 Å². The van der Waals surface area contributed by atoms with Crippen LogP contribution in [0.2, 0.25) is 5.02 Å². The molecule has 1 heterocycles. The van der Waals surface area contributed by atoms with E-state index in [9.17, 15) is 9.50 Å². The van der Waals surface area contributed by atoms with Crippen LogP contribution in [0.15, 0.2) is 54.7 Å². The Labute approximate surface area is 176 Å². The predicted molar refractivity (Wildman–Crippen MR) is 118 cm³/mol. The number of aromatic nitrogens is 1. The van der Waals surface area contributed by atoms with Crippen molar-refractivity contribution in [3.05, 3.63) is 71.1 Å². The van der Waals surface area contributed by atoms with Crippen LogP contribution in [0.3, 0.4) is 0 Å². The molecule has 4 nitrogen and oxygen atoms in total. The first kappa shape index (κ1) is 21.5. The number of hydrogen-bond donors (Lipinski definition) is 2. The number of hydrogen-bond acceptors (Lipinski definition) is 4. The lowest BCUT2D eigenvalue weighted by Gasteiger charge is -2.23. The molecule has 3 rings (SSSR count). The molecule has 6 heteroatoms. The number of fused-ring (bicyclic) bond motifs is 1. The molecule has 0 aliphatic rings. The van der Waals surface area contributed by atoms with Gasteiger partial charge in [0, 0.05) is 41.4 Å². The van der Waals surface area contributed by atoms with E-state index < -0.39 is 0 Å². The minimum Gasteiger partial charge on any atom is -0.395 e. The van der Waals surface area contributed by atoms with E-state index in [1.165, 1.54) is 6.07 Å². The molecule has 29 heavy (non-hydrogen) atoms. The number of pyridine rings is 1. The first-order chi connectivity index (χ1) is 14.0. The quantitative estimate of drug-likeness (QED) is 0.483. The summed E-state index contributed by atoms with van der Waals surface area (Å²) in [5.41, 5.74) is 2.84. The molecule has 0 saturated heterocycles. The van der Waals surface area contributed by atoms with Gasteiger partial charge in [0.25, 0.3) is 0 Å². The van der Waals surface area contributed by atoms with E-state index in [0.717, 1.165) is 41.5 Å². The molecule has 1 aromatic heterocycles. The molecule has 0 fully saturated rings. The van der Waals surface area contributed by atoms with Crippen LogP contribution in [-0.4, -0.2) is 40.7 Å². The molecule has 3 aromatic rings. The van der Waals surface area contributed by atoms with Crippen molar-refractivity contribution in [1.82, 2.24) is 9.88 Å². The number of anilines is 1. The third-order valence-corrected chi connectivity index (χ3v) is 5.16. The number of halogens is 2.